The molecule has 0 spiro atoms. The zero-order chi connectivity index (χ0) is 18.8. The maximum Gasteiger partial charge on any atom is 0.194 e. The minimum absolute atomic E-state index is 0.219. The van der Waals surface area contributed by atoms with Gasteiger partial charge in [-0.15, -0.1) is 0 Å². The molecular formula is C18H12Cl3N3O2. The van der Waals surface area contributed by atoms with Gasteiger partial charge in [0.1, 0.15) is 18.2 Å². The molecule has 0 amide bonds. The van der Waals surface area contributed by atoms with E-state index in [2.05, 4.69) is 4.98 Å². The van der Waals surface area contributed by atoms with E-state index in [1.807, 2.05) is 30.3 Å². The average molecular weight is 409 g/mol. The number of rotatable bonds is 5. The van der Waals surface area contributed by atoms with Crippen molar-refractivity contribution in [2.45, 2.75) is 5.92 Å². The molecule has 3 aromatic rings. The van der Waals surface area contributed by atoms with Crippen molar-refractivity contribution in [1.29, 1.82) is 5.26 Å². The van der Waals surface area contributed by atoms with Gasteiger partial charge >= 0.3 is 0 Å². The number of hydrogen-bond acceptors (Lipinski definition) is 4. The molecule has 1 aromatic heterocycles. The van der Waals surface area contributed by atoms with Crippen LogP contribution in [0.4, 0.5) is 0 Å². The highest BCUT2D eigenvalue weighted by Crippen LogP contribution is 2.34. The number of nitrogens with zero attached hydrogens (tertiary/aromatic N) is 3. The molecule has 0 radical (unpaired) electrons. The van der Waals surface area contributed by atoms with E-state index in [1.54, 1.807) is 11.6 Å². The molecule has 0 aliphatic carbocycles. The lowest BCUT2D eigenvalue weighted by molar-refractivity contribution is -0.121. The molecule has 0 bridgehead atoms. The van der Waals surface area contributed by atoms with E-state index in [0.29, 0.717) is 11.3 Å². The van der Waals surface area contributed by atoms with Crippen LogP contribution in [0, 0.1) is 11.3 Å². The SMILES string of the molecule is Cn1c(C(C#N)C(=O)COc2cc(Cl)c(Cl)cc2Cl)nc2ccccc21. The van der Waals surface area contributed by atoms with Gasteiger partial charge in [-0.2, -0.15) is 5.26 Å². The van der Waals surface area contributed by atoms with Crippen molar-refractivity contribution in [3.63, 3.8) is 0 Å². The van der Waals surface area contributed by atoms with E-state index in [0.717, 1.165) is 5.52 Å². The van der Waals surface area contributed by atoms with E-state index in [-0.39, 0.29) is 27.4 Å². The number of hydrogen-bond donors (Lipinski definition) is 0. The van der Waals surface area contributed by atoms with Gasteiger partial charge in [0.15, 0.2) is 11.7 Å². The van der Waals surface area contributed by atoms with Crippen LogP contribution < -0.4 is 4.74 Å². The molecule has 1 heterocycles. The molecule has 0 aliphatic rings. The topological polar surface area (TPSA) is 67.9 Å². The Bertz CT molecular complexity index is 1040. The molecule has 1 unspecified atom stereocenters. The average Bonchev–Trinajstić information content (AvgIpc) is 2.95. The predicted molar refractivity (Wildman–Crippen MR) is 101 cm³/mol. The fourth-order valence-corrected chi connectivity index (χ4v) is 3.13. The van der Waals surface area contributed by atoms with Crippen LogP contribution in [0.15, 0.2) is 36.4 Å². The van der Waals surface area contributed by atoms with Crippen molar-refractivity contribution < 1.29 is 9.53 Å². The summed E-state index contributed by atoms with van der Waals surface area (Å²) < 4.78 is 7.17. The summed E-state index contributed by atoms with van der Waals surface area (Å²) in [6, 6.07) is 12.3. The van der Waals surface area contributed by atoms with Gasteiger partial charge < -0.3 is 9.30 Å². The van der Waals surface area contributed by atoms with E-state index in [9.17, 15) is 10.1 Å². The largest absolute Gasteiger partial charge is 0.484 e. The lowest BCUT2D eigenvalue weighted by Gasteiger charge is -2.11. The molecule has 0 aliphatic heterocycles. The van der Waals surface area contributed by atoms with E-state index in [1.165, 1.54) is 12.1 Å². The third kappa shape index (κ3) is 3.49. The van der Waals surface area contributed by atoms with Gasteiger partial charge in [-0.25, -0.2) is 4.98 Å². The number of Topliss-reactive ketones (excluding diaryl/α,β-unsaturated/α-hetero) is 1. The van der Waals surface area contributed by atoms with E-state index < -0.39 is 11.7 Å². The summed E-state index contributed by atoms with van der Waals surface area (Å²) in [5, 5.41) is 10.3. The van der Waals surface area contributed by atoms with Crippen LogP contribution in [0.5, 0.6) is 5.75 Å². The number of ketones is 1. The summed E-state index contributed by atoms with van der Waals surface area (Å²) in [7, 11) is 1.76. The molecule has 132 valence electrons. The highest BCUT2D eigenvalue weighted by molar-refractivity contribution is 6.43. The predicted octanol–water partition coefficient (Wildman–Crippen LogP) is 4.79. The number of para-hydroxylation sites is 2. The third-order valence-corrected chi connectivity index (χ3v) is 4.89. The van der Waals surface area contributed by atoms with Crippen LogP contribution in [0.1, 0.15) is 11.7 Å². The quantitative estimate of drug-likeness (QED) is 0.569. The van der Waals surface area contributed by atoms with Gasteiger partial charge in [-0.05, 0) is 18.2 Å². The van der Waals surface area contributed by atoms with Gasteiger partial charge in [0.05, 0.1) is 32.2 Å². The number of carbonyl (C=O) groups is 1. The maximum atomic E-state index is 12.5. The zero-order valence-electron chi connectivity index (χ0n) is 13.5. The summed E-state index contributed by atoms with van der Waals surface area (Å²) in [6.45, 7) is -0.348. The number of ether oxygens (including phenoxy) is 1. The molecule has 26 heavy (non-hydrogen) atoms. The number of nitriles is 1. The Morgan fingerprint density at radius 1 is 1.23 bits per heavy atom. The lowest BCUT2D eigenvalue weighted by atomic mass is 10.1. The van der Waals surface area contributed by atoms with Gasteiger partial charge in [0.25, 0.3) is 0 Å². The van der Waals surface area contributed by atoms with Crippen LogP contribution in [0.25, 0.3) is 11.0 Å². The molecule has 0 N–H and O–H groups in total. The monoisotopic (exact) mass is 407 g/mol. The number of fused-ring (bicyclic) bond motifs is 1. The van der Waals surface area contributed by atoms with Crippen molar-refractivity contribution in [3.05, 3.63) is 57.3 Å². The first-order valence-electron chi connectivity index (χ1n) is 7.53. The summed E-state index contributed by atoms with van der Waals surface area (Å²) in [6.07, 6.45) is 0. The first kappa shape index (κ1) is 18.5. The van der Waals surface area contributed by atoms with E-state index >= 15 is 0 Å². The highest BCUT2D eigenvalue weighted by atomic mass is 35.5. The number of imidazole rings is 1. The third-order valence-electron chi connectivity index (χ3n) is 3.88. The molecule has 5 nitrogen and oxygen atoms in total. The minimum Gasteiger partial charge on any atom is -0.484 e. The summed E-state index contributed by atoms with van der Waals surface area (Å²) in [5.41, 5.74) is 1.55. The Kier molecular flexibility index (Phi) is 5.38. The molecule has 0 fully saturated rings. The normalized spacial score (nSPS) is 12.0. The first-order chi connectivity index (χ1) is 12.4. The van der Waals surface area contributed by atoms with Crippen LogP contribution in [-0.4, -0.2) is 21.9 Å². The number of carbonyl (C=O) groups excluding carboxylic acids is 1. The van der Waals surface area contributed by atoms with Gasteiger partial charge in [0.2, 0.25) is 0 Å². The van der Waals surface area contributed by atoms with Crippen LogP contribution in [0.3, 0.4) is 0 Å². The van der Waals surface area contributed by atoms with Crippen molar-refractivity contribution in [1.82, 2.24) is 9.55 Å². The fraction of sp³-hybridized carbons (Fsp3) is 0.167. The van der Waals surface area contributed by atoms with Crippen LogP contribution in [0.2, 0.25) is 15.1 Å². The first-order valence-corrected chi connectivity index (χ1v) is 8.66. The number of benzene rings is 2. The van der Waals surface area contributed by atoms with Crippen LogP contribution >= 0.6 is 34.8 Å². The number of aromatic nitrogens is 2. The van der Waals surface area contributed by atoms with Gasteiger partial charge in [-0.1, -0.05) is 46.9 Å². The molecule has 0 saturated heterocycles. The second-order valence-electron chi connectivity index (χ2n) is 5.53. The van der Waals surface area contributed by atoms with Crippen molar-refractivity contribution in [3.8, 4) is 11.8 Å². The summed E-state index contributed by atoms with van der Waals surface area (Å²) >= 11 is 17.8. The summed E-state index contributed by atoms with van der Waals surface area (Å²) in [4.78, 5) is 16.9. The Morgan fingerprint density at radius 3 is 2.62 bits per heavy atom. The Labute approximate surface area is 164 Å². The number of aryl methyl sites for hydroxylation is 1. The fourth-order valence-electron chi connectivity index (χ4n) is 2.54. The second-order valence-corrected chi connectivity index (χ2v) is 6.75. The Balaban J connectivity index is 1.82. The van der Waals surface area contributed by atoms with Gasteiger partial charge in [-0.3, -0.25) is 4.79 Å². The number of halogens is 3. The molecule has 2 aromatic carbocycles. The molecule has 0 saturated carbocycles. The molecule has 8 heteroatoms. The maximum absolute atomic E-state index is 12.5. The van der Waals surface area contributed by atoms with Crippen molar-refractivity contribution >= 4 is 51.6 Å². The second kappa shape index (κ2) is 7.55. The van der Waals surface area contributed by atoms with Crippen molar-refractivity contribution in [2.75, 3.05) is 6.61 Å². The van der Waals surface area contributed by atoms with Crippen LogP contribution in [-0.2, 0) is 11.8 Å². The van der Waals surface area contributed by atoms with Crippen molar-refractivity contribution in [2.24, 2.45) is 7.05 Å². The summed E-state index contributed by atoms with van der Waals surface area (Å²) in [5.74, 6) is -0.916. The van der Waals surface area contributed by atoms with Gasteiger partial charge in [0, 0.05) is 13.1 Å². The highest BCUT2D eigenvalue weighted by Gasteiger charge is 2.26. The molecular weight excluding hydrogens is 397 g/mol. The lowest BCUT2D eigenvalue weighted by Crippen LogP contribution is -2.21. The minimum atomic E-state index is -1.06. The standard InChI is InChI=1S/C18H12Cl3N3O2/c1-24-15-5-3-2-4-14(15)23-18(24)10(8-22)16(25)9-26-17-7-12(20)11(19)6-13(17)21/h2-7,10H,9H2,1H3. The Morgan fingerprint density at radius 2 is 1.92 bits per heavy atom. The Hall–Kier alpha value is -2.26. The molecule has 1 atom stereocenters. The molecule has 3 rings (SSSR count). The zero-order valence-corrected chi connectivity index (χ0v) is 15.8. The smallest absolute Gasteiger partial charge is 0.194 e. The van der Waals surface area contributed by atoms with E-state index in [4.69, 9.17) is 39.5 Å².